The normalized spacial score (nSPS) is 15.0. The van der Waals surface area contributed by atoms with E-state index >= 15 is 0 Å². The molecule has 3 spiro atoms. The van der Waals surface area contributed by atoms with Crippen LogP contribution in [0, 0.1) is 0 Å². The number of aromatic nitrogens is 1. The van der Waals surface area contributed by atoms with E-state index in [4.69, 9.17) is 0 Å². The lowest BCUT2D eigenvalue weighted by molar-refractivity contribution is 0.793. The summed E-state index contributed by atoms with van der Waals surface area (Å²) in [6.07, 6.45) is 0. The van der Waals surface area contributed by atoms with E-state index in [1.807, 2.05) is 0 Å². The molecule has 26 rings (SSSR count). The number of hydrogen-bond acceptors (Lipinski definition) is 2. The first-order valence-corrected chi connectivity index (χ1v) is 38.4. The highest BCUT2D eigenvalue weighted by atomic mass is 15.2. The average molecular weight is 1380 g/mol. The van der Waals surface area contributed by atoms with Gasteiger partial charge < -0.3 is 14.4 Å². The predicted octanol–water partition coefficient (Wildman–Crippen LogP) is 23.6. The third-order valence-corrected chi connectivity index (χ3v) is 26.6. The van der Waals surface area contributed by atoms with Gasteiger partial charge in [0.2, 0.25) is 0 Å². The maximum absolute atomic E-state index is 2.78. The van der Waals surface area contributed by atoms with Gasteiger partial charge in [-0.15, -0.1) is 0 Å². The van der Waals surface area contributed by atoms with Crippen molar-refractivity contribution in [1.82, 2.24) is 4.57 Å². The maximum atomic E-state index is 2.78. The molecule has 0 atom stereocenters. The zero-order valence-corrected chi connectivity index (χ0v) is 59.2. The van der Waals surface area contributed by atoms with Gasteiger partial charge in [-0.2, -0.15) is 0 Å². The van der Waals surface area contributed by atoms with E-state index in [9.17, 15) is 0 Å². The number of anilines is 6. The van der Waals surface area contributed by atoms with E-state index in [0.717, 1.165) is 45.2 Å². The molecule has 18 aromatic rings. The van der Waals surface area contributed by atoms with Crippen LogP contribution in [0.4, 0.5) is 34.1 Å². The molecule has 2 aliphatic heterocycles. The van der Waals surface area contributed by atoms with Gasteiger partial charge in [0, 0.05) is 44.6 Å². The number of hydrogen-bond donors (Lipinski definition) is 0. The van der Waals surface area contributed by atoms with Gasteiger partial charge in [-0.1, -0.05) is 328 Å². The topological polar surface area (TPSA) is 11.4 Å². The highest BCUT2D eigenvalue weighted by Gasteiger charge is 2.59. The lowest BCUT2D eigenvalue weighted by Crippen LogP contribution is -2.62. The Morgan fingerprint density at radius 2 is 0.532 bits per heavy atom. The first-order valence-electron chi connectivity index (χ1n) is 38.4. The number of rotatable bonds is 4. The summed E-state index contributed by atoms with van der Waals surface area (Å²) in [4.78, 5) is 5.53. The van der Waals surface area contributed by atoms with Crippen LogP contribution in [0.15, 0.2) is 376 Å². The molecule has 8 aliphatic rings. The minimum Gasteiger partial charge on any atom is -0.311 e. The fourth-order valence-corrected chi connectivity index (χ4v) is 22.9. The van der Waals surface area contributed by atoms with Crippen molar-refractivity contribution < 1.29 is 0 Å². The Morgan fingerprint density at radius 1 is 0.202 bits per heavy atom. The second-order valence-electron chi connectivity index (χ2n) is 31.0. The molecule has 0 radical (unpaired) electrons. The standard InChI is InChI=1S/C105H62BN3/c1-2-28-63(29-3-1)64-56-58-92-89(60-64)106-101-96(108(92)93-54-26-50-86-98(93)74-38-10-21-47-83(74)103(86)77-41-15-4-30-66(77)67-31-5-16-42-78(67)103)61-65(107-90-52-24-13-36-72(90)73-37-14-25-53-91(73)107)62-97(101)109(94-55-27-51-87-99(94)75-39-11-22-48-84(75)104(87)79-43-17-6-32-68(79)69-33-7-18-44-80(69)104)95-59-57-88-100(102(95)106)76-40-12-23-49-85(76)105(88)81-45-19-8-34-70(81)71-35-9-20-46-82(71)105/h1-62H. The van der Waals surface area contributed by atoms with Crippen LogP contribution in [-0.4, -0.2) is 11.3 Å². The van der Waals surface area contributed by atoms with Crippen LogP contribution < -0.4 is 26.2 Å². The second-order valence-corrected chi connectivity index (χ2v) is 31.0. The highest BCUT2D eigenvalue weighted by Crippen LogP contribution is 2.69. The van der Waals surface area contributed by atoms with Crippen molar-refractivity contribution in [3.05, 3.63) is 443 Å². The monoisotopic (exact) mass is 1380 g/mol. The Labute approximate surface area is 631 Å². The van der Waals surface area contributed by atoms with Crippen LogP contribution in [0.5, 0.6) is 0 Å². The Hall–Kier alpha value is -13.8. The molecule has 0 bridgehead atoms. The molecule has 0 fully saturated rings. The van der Waals surface area contributed by atoms with Gasteiger partial charge in [-0.05, 0) is 198 Å². The van der Waals surface area contributed by atoms with E-state index < -0.39 is 16.2 Å². The number of fused-ring (bicyclic) bond motifs is 38. The highest BCUT2D eigenvalue weighted by molar-refractivity contribution is 7.01. The van der Waals surface area contributed by atoms with Crippen molar-refractivity contribution in [2.75, 3.05) is 9.80 Å². The molecule has 109 heavy (non-hydrogen) atoms. The molecule has 6 aliphatic carbocycles. The molecule has 0 amide bonds. The van der Waals surface area contributed by atoms with Crippen LogP contribution in [0.2, 0.25) is 0 Å². The number of nitrogens with zero attached hydrogens (tertiary/aromatic N) is 3. The predicted molar refractivity (Wildman–Crippen MR) is 449 cm³/mol. The van der Waals surface area contributed by atoms with Gasteiger partial charge in [0.1, 0.15) is 0 Å². The lowest BCUT2D eigenvalue weighted by atomic mass is 9.32. The molecule has 3 heterocycles. The first-order chi connectivity index (χ1) is 54.1. The Kier molecular flexibility index (Phi) is 11.2. The average Bonchev–Trinajstić information content (AvgIpc) is 1.51. The molecule has 17 aromatic carbocycles. The smallest absolute Gasteiger partial charge is 0.252 e. The molecule has 0 N–H and O–H groups in total. The molecule has 4 heteroatoms. The third-order valence-electron chi connectivity index (χ3n) is 26.6. The molecular formula is C105H62BN3. The molecular weight excluding hydrogens is 1310 g/mol. The Bertz CT molecular complexity index is 6960. The minimum atomic E-state index is -0.619. The van der Waals surface area contributed by atoms with Gasteiger partial charge in [0.05, 0.1) is 44.3 Å². The van der Waals surface area contributed by atoms with E-state index in [2.05, 4.69) is 390 Å². The quantitative estimate of drug-likeness (QED) is 0.163. The lowest BCUT2D eigenvalue weighted by Gasteiger charge is -2.46. The summed E-state index contributed by atoms with van der Waals surface area (Å²) in [7, 11) is 0. The van der Waals surface area contributed by atoms with Crippen molar-refractivity contribution in [3.63, 3.8) is 0 Å². The van der Waals surface area contributed by atoms with Crippen molar-refractivity contribution >= 4 is 79.0 Å². The van der Waals surface area contributed by atoms with Gasteiger partial charge in [-0.3, -0.25) is 0 Å². The molecule has 3 nitrogen and oxygen atoms in total. The van der Waals surface area contributed by atoms with E-state index in [-0.39, 0.29) is 6.71 Å². The van der Waals surface area contributed by atoms with E-state index in [1.165, 1.54) is 177 Å². The fourth-order valence-electron chi connectivity index (χ4n) is 22.9. The van der Waals surface area contributed by atoms with Crippen molar-refractivity contribution in [1.29, 1.82) is 0 Å². The SMILES string of the molecule is c1ccc(-c2ccc3c(c2)B2c4c(cc(-n5c6ccccc6c6ccccc65)cc4N(c4cccc5c4-c4ccccc4C54c5ccccc5-c5ccccc54)c4ccc5c(c42)-c2ccccc2C52c4ccccc4-c4ccccc42)N3c2cccc3c2-c2ccccc2C32c3ccccc3-c3ccccc32)cc1. The Balaban J connectivity index is 0.852. The van der Waals surface area contributed by atoms with Crippen molar-refractivity contribution in [3.8, 4) is 83.6 Å². The summed E-state index contributed by atoms with van der Waals surface area (Å²) in [5, 5.41) is 2.44. The minimum absolute atomic E-state index is 0.309. The van der Waals surface area contributed by atoms with E-state index in [1.54, 1.807) is 0 Å². The van der Waals surface area contributed by atoms with Crippen LogP contribution in [0.25, 0.3) is 105 Å². The zero-order valence-electron chi connectivity index (χ0n) is 59.2. The summed E-state index contributed by atoms with van der Waals surface area (Å²) < 4.78 is 2.58. The van der Waals surface area contributed by atoms with Crippen LogP contribution in [0.1, 0.15) is 66.8 Å². The van der Waals surface area contributed by atoms with Crippen LogP contribution >= 0.6 is 0 Å². The van der Waals surface area contributed by atoms with Gasteiger partial charge in [0.25, 0.3) is 6.71 Å². The summed E-state index contributed by atoms with van der Waals surface area (Å²) in [5.41, 5.74) is 45.9. The van der Waals surface area contributed by atoms with Gasteiger partial charge >= 0.3 is 0 Å². The Morgan fingerprint density at radius 3 is 0.963 bits per heavy atom. The molecule has 500 valence electrons. The fraction of sp³-hybridized carbons (Fsp3) is 0.0286. The van der Waals surface area contributed by atoms with Crippen LogP contribution in [0.3, 0.4) is 0 Å². The summed E-state index contributed by atoms with van der Waals surface area (Å²) >= 11 is 0. The largest absolute Gasteiger partial charge is 0.311 e. The molecule has 1 aromatic heterocycles. The maximum Gasteiger partial charge on any atom is 0.252 e. The number of benzene rings is 17. The van der Waals surface area contributed by atoms with Crippen molar-refractivity contribution in [2.24, 2.45) is 0 Å². The summed E-state index contributed by atoms with van der Waals surface area (Å²) in [5.74, 6) is 0. The summed E-state index contributed by atoms with van der Waals surface area (Å²) in [6, 6.07) is 146. The van der Waals surface area contributed by atoms with E-state index in [0.29, 0.717) is 0 Å². The van der Waals surface area contributed by atoms with Gasteiger partial charge in [-0.25, -0.2) is 0 Å². The zero-order chi connectivity index (χ0) is 70.7. The number of para-hydroxylation sites is 2. The third kappa shape index (κ3) is 6.88. The molecule has 0 unspecified atom stereocenters. The van der Waals surface area contributed by atoms with Crippen molar-refractivity contribution in [2.45, 2.75) is 16.2 Å². The molecule has 0 saturated heterocycles. The van der Waals surface area contributed by atoms with Gasteiger partial charge in [0.15, 0.2) is 0 Å². The first kappa shape index (κ1) is 58.5. The van der Waals surface area contributed by atoms with Crippen LogP contribution in [-0.2, 0) is 16.2 Å². The summed E-state index contributed by atoms with van der Waals surface area (Å²) in [6.45, 7) is -0.309. The second kappa shape index (κ2) is 20.8. The molecule has 0 saturated carbocycles.